The van der Waals surface area contributed by atoms with Crippen LogP contribution in [0.3, 0.4) is 0 Å². The molecular weight excluding hydrogens is 408 g/mol. The summed E-state index contributed by atoms with van der Waals surface area (Å²) in [6.45, 7) is 2.27. The summed E-state index contributed by atoms with van der Waals surface area (Å²) in [5.74, 6) is -0.322. The molecule has 0 aliphatic heterocycles. The van der Waals surface area contributed by atoms with Gasteiger partial charge in [-0.05, 0) is 49.4 Å². The smallest absolute Gasteiger partial charge is 0.261 e. The van der Waals surface area contributed by atoms with Crippen LogP contribution in [0, 0.1) is 0 Å². The van der Waals surface area contributed by atoms with Crippen LogP contribution in [-0.2, 0) is 10.0 Å². The van der Waals surface area contributed by atoms with Gasteiger partial charge in [0.15, 0.2) is 0 Å². The maximum absolute atomic E-state index is 12.5. The van der Waals surface area contributed by atoms with E-state index < -0.39 is 10.0 Å². The third kappa shape index (κ3) is 5.04. The summed E-state index contributed by atoms with van der Waals surface area (Å²) in [6.07, 6.45) is 0. The molecule has 0 radical (unpaired) electrons. The number of nitrogens with one attached hydrogen (secondary N) is 1. The van der Waals surface area contributed by atoms with Crippen molar-refractivity contribution in [3.8, 4) is 0 Å². The zero-order valence-electron chi connectivity index (χ0n) is 13.6. The predicted octanol–water partition coefficient (Wildman–Crippen LogP) is 2.70. The first-order valence-electron chi connectivity index (χ1n) is 7.66. The summed E-state index contributed by atoms with van der Waals surface area (Å²) in [7, 11) is -3.81. The van der Waals surface area contributed by atoms with E-state index in [1.807, 2.05) is 0 Å². The van der Waals surface area contributed by atoms with Gasteiger partial charge in [-0.1, -0.05) is 22.0 Å². The fourth-order valence-electron chi connectivity index (χ4n) is 2.23. The first-order valence-corrected chi connectivity index (χ1v) is 9.93. The first kappa shape index (κ1) is 19.4. The number of aliphatic hydroxyl groups excluding tert-OH is 1. The van der Waals surface area contributed by atoms with Gasteiger partial charge in [0.05, 0.1) is 11.5 Å². The second kappa shape index (κ2) is 8.46. The Morgan fingerprint density at radius 1 is 1.20 bits per heavy atom. The molecular formula is C17H19BrN2O4S. The van der Waals surface area contributed by atoms with Crippen molar-refractivity contribution in [3.63, 3.8) is 0 Å². The molecule has 2 N–H and O–H groups in total. The standard InChI is InChI=1S/C17H19BrN2O4S/c1-2-20(10-11-21)17(22)13-4-3-5-16(12-13)25(23,24)19-15-8-6-14(18)7-9-15/h3-9,12,19,21H,2,10-11H2,1H3. The number of carbonyl (C=O) groups is 1. The molecule has 134 valence electrons. The van der Waals surface area contributed by atoms with Crippen molar-refractivity contribution in [2.24, 2.45) is 0 Å². The van der Waals surface area contributed by atoms with Crippen LogP contribution in [0.25, 0.3) is 0 Å². The number of rotatable bonds is 7. The predicted molar refractivity (Wildman–Crippen MR) is 100 cm³/mol. The molecule has 1 amide bonds. The second-order valence-corrected chi connectivity index (χ2v) is 7.85. The van der Waals surface area contributed by atoms with Crippen LogP contribution >= 0.6 is 15.9 Å². The van der Waals surface area contributed by atoms with Crippen LogP contribution in [0.4, 0.5) is 5.69 Å². The molecule has 0 saturated carbocycles. The Kier molecular flexibility index (Phi) is 6.57. The Bertz CT molecular complexity index is 838. The summed E-state index contributed by atoms with van der Waals surface area (Å²) in [4.78, 5) is 13.9. The number of sulfonamides is 1. The van der Waals surface area contributed by atoms with Gasteiger partial charge in [0.1, 0.15) is 0 Å². The van der Waals surface area contributed by atoms with Gasteiger partial charge >= 0.3 is 0 Å². The van der Waals surface area contributed by atoms with E-state index >= 15 is 0 Å². The number of halogens is 1. The molecule has 0 fully saturated rings. The highest BCUT2D eigenvalue weighted by atomic mass is 79.9. The number of carbonyl (C=O) groups excluding carboxylic acids is 1. The van der Waals surface area contributed by atoms with Gasteiger partial charge in [-0.25, -0.2) is 8.42 Å². The highest BCUT2D eigenvalue weighted by Crippen LogP contribution is 2.20. The number of likely N-dealkylation sites (N-methyl/N-ethyl adjacent to an activating group) is 1. The minimum absolute atomic E-state index is 0.00122. The fourth-order valence-corrected chi connectivity index (χ4v) is 3.60. The summed E-state index contributed by atoms with van der Waals surface area (Å²) in [5.41, 5.74) is 0.685. The fraction of sp³-hybridized carbons (Fsp3) is 0.235. The number of hydrogen-bond acceptors (Lipinski definition) is 4. The molecule has 0 atom stereocenters. The zero-order chi connectivity index (χ0) is 18.4. The molecule has 0 saturated heterocycles. The van der Waals surface area contributed by atoms with Gasteiger partial charge in [0.25, 0.3) is 15.9 Å². The van der Waals surface area contributed by atoms with Crippen molar-refractivity contribution in [1.82, 2.24) is 4.90 Å². The zero-order valence-corrected chi connectivity index (χ0v) is 16.0. The number of amides is 1. The van der Waals surface area contributed by atoms with E-state index in [4.69, 9.17) is 5.11 Å². The Morgan fingerprint density at radius 2 is 1.88 bits per heavy atom. The number of nitrogens with zero attached hydrogens (tertiary/aromatic N) is 1. The SMILES string of the molecule is CCN(CCO)C(=O)c1cccc(S(=O)(=O)Nc2ccc(Br)cc2)c1. The maximum Gasteiger partial charge on any atom is 0.261 e. The van der Waals surface area contributed by atoms with E-state index in [9.17, 15) is 13.2 Å². The van der Waals surface area contributed by atoms with Crippen LogP contribution in [0.5, 0.6) is 0 Å². The van der Waals surface area contributed by atoms with Gasteiger partial charge in [-0.15, -0.1) is 0 Å². The van der Waals surface area contributed by atoms with E-state index in [0.29, 0.717) is 12.2 Å². The summed E-state index contributed by atoms with van der Waals surface area (Å²) < 4.78 is 28.4. The van der Waals surface area contributed by atoms with E-state index in [1.165, 1.54) is 23.1 Å². The van der Waals surface area contributed by atoms with E-state index in [-0.39, 0.29) is 29.5 Å². The van der Waals surface area contributed by atoms with E-state index in [1.54, 1.807) is 37.3 Å². The lowest BCUT2D eigenvalue weighted by atomic mass is 10.2. The van der Waals surface area contributed by atoms with Crippen LogP contribution < -0.4 is 4.72 Å². The van der Waals surface area contributed by atoms with Crippen LogP contribution in [0.2, 0.25) is 0 Å². The summed E-state index contributed by atoms with van der Waals surface area (Å²) in [6, 6.07) is 12.6. The lowest BCUT2D eigenvalue weighted by Gasteiger charge is -2.20. The van der Waals surface area contributed by atoms with Gasteiger partial charge in [-0.3, -0.25) is 9.52 Å². The number of benzene rings is 2. The highest BCUT2D eigenvalue weighted by molar-refractivity contribution is 9.10. The summed E-state index contributed by atoms with van der Waals surface area (Å²) in [5, 5.41) is 9.03. The quantitative estimate of drug-likeness (QED) is 0.712. The molecule has 25 heavy (non-hydrogen) atoms. The molecule has 2 aromatic rings. The summed E-state index contributed by atoms with van der Waals surface area (Å²) >= 11 is 3.29. The normalized spacial score (nSPS) is 11.2. The molecule has 2 rings (SSSR count). The molecule has 0 aliphatic rings. The van der Waals surface area contributed by atoms with E-state index in [2.05, 4.69) is 20.7 Å². The molecule has 0 aliphatic carbocycles. The molecule has 0 aromatic heterocycles. The van der Waals surface area contributed by atoms with Gasteiger partial charge in [-0.2, -0.15) is 0 Å². The molecule has 6 nitrogen and oxygen atoms in total. The Hall–Kier alpha value is -1.90. The monoisotopic (exact) mass is 426 g/mol. The molecule has 0 bridgehead atoms. The van der Waals surface area contributed by atoms with Crippen LogP contribution in [0.1, 0.15) is 17.3 Å². The molecule has 0 heterocycles. The molecule has 0 spiro atoms. The van der Waals surface area contributed by atoms with Crippen molar-refractivity contribution < 1.29 is 18.3 Å². The maximum atomic E-state index is 12.5. The third-order valence-electron chi connectivity index (χ3n) is 3.53. The van der Waals surface area contributed by atoms with Crippen molar-refractivity contribution in [1.29, 1.82) is 0 Å². The van der Waals surface area contributed by atoms with Crippen LogP contribution in [0.15, 0.2) is 57.9 Å². The molecule has 8 heteroatoms. The highest BCUT2D eigenvalue weighted by Gasteiger charge is 2.19. The minimum Gasteiger partial charge on any atom is -0.395 e. The topological polar surface area (TPSA) is 86.7 Å². The van der Waals surface area contributed by atoms with Crippen molar-refractivity contribution in [2.45, 2.75) is 11.8 Å². The first-order chi connectivity index (χ1) is 11.9. The average Bonchev–Trinajstić information content (AvgIpc) is 2.61. The largest absolute Gasteiger partial charge is 0.395 e. The Balaban J connectivity index is 2.27. The second-order valence-electron chi connectivity index (χ2n) is 5.25. The average molecular weight is 427 g/mol. The van der Waals surface area contributed by atoms with E-state index in [0.717, 1.165) is 4.47 Å². The lowest BCUT2D eigenvalue weighted by Crippen LogP contribution is -2.33. The number of anilines is 1. The molecule has 2 aromatic carbocycles. The Morgan fingerprint density at radius 3 is 2.48 bits per heavy atom. The number of aliphatic hydroxyl groups is 1. The van der Waals surface area contributed by atoms with Gasteiger partial charge < -0.3 is 10.0 Å². The molecule has 0 unspecified atom stereocenters. The lowest BCUT2D eigenvalue weighted by molar-refractivity contribution is 0.0731. The van der Waals surface area contributed by atoms with Gasteiger partial charge in [0.2, 0.25) is 0 Å². The minimum atomic E-state index is -3.81. The van der Waals surface area contributed by atoms with Crippen molar-refractivity contribution in [3.05, 3.63) is 58.6 Å². The van der Waals surface area contributed by atoms with Crippen LogP contribution in [-0.4, -0.2) is 44.0 Å². The van der Waals surface area contributed by atoms with Gasteiger partial charge in [0, 0.05) is 28.8 Å². The van der Waals surface area contributed by atoms with Crippen molar-refractivity contribution in [2.75, 3.05) is 24.4 Å². The van der Waals surface area contributed by atoms with Crippen molar-refractivity contribution >= 4 is 37.5 Å². The Labute approximate surface area is 155 Å². The number of hydrogen-bond donors (Lipinski definition) is 2. The third-order valence-corrected chi connectivity index (χ3v) is 5.43.